The summed E-state index contributed by atoms with van der Waals surface area (Å²) in [5, 5.41) is 12.4. The van der Waals surface area contributed by atoms with Gasteiger partial charge in [0.15, 0.2) is 0 Å². The molecule has 1 aliphatic rings. The molecule has 2 nitrogen and oxygen atoms in total. The maximum Gasteiger partial charge on any atom is 0.0672 e. The lowest BCUT2D eigenvalue weighted by Crippen LogP contribution is -2.42. The molecule has 13 heavy (non-hydrogen) atoms. The molecular weight excluding hydrogens is 160 g/mol. The van der Waals surface area contributed by atoms with Gasteiger partial charge in [0, 0.05) is 12.1 Å². The second kappa shape index (κ2) is 5.04. The van der Waals surface area contributed by atoms with E-state index in [0.29, 0.717) is 12.1 Å². The van der Waals surface area contributed by atoms with Crippen LogP contribution in [0.4, 0.5) is 0 Å². The first kappa shape index (κ1) is 10.3. The number of rotatable bonds is 3. The molecule has 1 fully saturated rings. The van der Waals surface area contributed by atoms with Crippen molar-refractivity contribution in [3.63, 3.8) is 0 Å². The first-order valence-corrected chi connectivity index (χ1v) is 5.06. The van der Waals surface area contributed by atoms with Crippen molar-refractivity contribution in [1.29, 1.82) is 5.26 Å². The molecule has 0 saturated heterocycles. The smallest absolute Gasteiger partial charge is 0.0672 e. The maximum atomic E-state index is 8.93. The molecule has 1 rings (SSSR count). The van der Waals surface area contributed by atoms with Crippen LogP contribution in [-0.4, -0.2) is 12.1 Å². The summed E-state index contributed by atoms with van der Waals surface area (Å²) >= 11 is 0. The van der Waals surface area contributed by atoms with E-state index in [0.717, 1.165) is 12.8 Å². The minimum atomic E-state index is 0.205. The van der Waals surface area contributed by atoms with Crippen molar-refractivity contribution in [2.45, 2.75) is 44.7 Å². The summed E-state index contributed by atoms with van der Waals surface area (Å²) in [7, 11) is 0. The van der Waals surface area contributed by atoms with Gasteiger partial charge in [0.2, 0.25) is 0 Å². The van der Waals surface area contributed by atoms with Crippen molar-refractivity contribution in [3.8, 4) is 6.07 Å². The van der Waals surface area contributed by atoms with E-state index < -0.39 is 0 Å². The molecule has 2 heteroatoms. The summed E-state index contributed by atoms with van der Waals surface area (Å²) in [5.41, 5.74) is 0. The lowest BCUT2D eigenvalue weighted by Gasteiger charge is -2.29. The summed E-state index contributed by atoms with van der Waals surface area (Å²) in [4.78, 5) is 0. The fourth-order valence-electron chi connectivity index (χ4n) is 1.89. The van der Waals surface area contributed by atoms with Gasteiger partial charge in [-0.2, -0.15) is 5.26 Å². The van der Waals surface area contributed by atoms with Crippen LogP contribution in [0.1, 0.15) is 32.6 Å². The molecule has 3 atom stereocenters. The molecule has 1 aliphatic carbocycles. The SMILES string of the molecule is C=CC(C)NC1CCCCC1C#N. The summed E-state index contributed by atoms with van der Waals surface area (Å²) < 4.78 is 0. The van der Waals surface area contributed by atoms with Crippen LogP contribution in [0.3, 0.4) is 0 Å². The van der Waals surface area contributed by atoms with Crippen LogP contribution >= 0.6 is 0 Å². The Labute approximate surface area is 80.6 Å². The van der Waals surface area contributed by atoms with Crippen LogP contribution in [0.25, 0.3) is 0 Å². The first-order chi connectivity index (χ1) is 6.27. The van der Waals surface area contributed by atoms with Crippen molar-refractivity contribution in [2.24, 2.45) is 5.92 Å². The number of hydrogen-bond donors (Lipinski definition) is 1. The minimum absolute atomic E-state index is 0.205. The van der Waals surface area contributed by atoms with Crippen molar-refractivity contribution in [2.75, 3.05) is 0 Å². The molecule has 0 aliphatic heterocycles. The van der Waals surface area contributed by atoms with Gasteiger partial charge >= 0.3 is 0 Å². The van der Waals surface area contributed by atoms with Gasteiger partial charge in [-0.15, -0.1) is 6.58 Å². The number of nitriles is 1. The van der Waals surface area contributed by atoms with Gasteiger partial charge in [0.25, 0.3) is 0 Å². The third kappa shape index (κ3) is 2.86. The van der Waals surface area contributed by atoms with Gasteiger partial charge in [0.05, 0.1) is 12.0 Å². The highest BCUT2D eigenvalue weighted by Gasteiger charge is 2.24. The van der Waals surface area contributed by atoms with Gasteiger partial charge in [-0.1, -0.05) is 18.9 Å². The Morgan fingerprint density at radius 1 is 1.54 bits per heavy atom. The standard InChI is InChI=1S/C11H18N2/c1-3-9(2)13-11-7-5-4-6-10(11)8-12/h3,9-11,13H,1,4-7H2,2H3. The number of hydrogen-bond acceptors (Lipinski definition) is 2. The predicted octanol–water partition coefficient (Wildman–Crippen LogP) is 2.23. The molecule has 0 aromatic heterocycles. The van der Waals surface area contributed by atoms with E-state index in [2.05, 4.69) is 24.9 Å². The third-order valence-electron chi connectivity index (χ3n) is 2.76. The lowest BCUT2D eigenvalue weighted by molar-refractivity contribution is 0.303. The van der Waals surface area contributed by atoms with Crippen LogP contribution in [0.15, 0.2) is 12.7 Å². The average Bonchev–Trinajstić information content (AvgIpc) is 2.18. The van der Waals surface area contributed by atoms with E-state index in [-0.39, 0.29) is 5.92 Å². The summed E-state index contributed by atoms with van der Waals surface area (Å²) in [6.07, 6.45) is 6.54. The van der Waals surface area contributed by atoms with Crippen LogP contribution in [0, 0.1) is 17.2 Å². The maximum absolute atomic E-state index is 8.93. The molecule has 1 N–H and O–H groups in total. The third-order valence-corrected chi connectivity index (χ3v) is 2.76. The molecule has 0 aromatic carbocycles. The zero-order valence-corrected chi connectivity index (χ0v) is 8.29. The zero-order chi connectivity index (χ0) is 9.68. The van der Waals surface area contributed by atoms with Crippen molar-refractivity contribution in [1.82, 2.24) is 5.32 Å². The van der Waals surface area contributed by atoms with Crippen molar-refractivity contribution in [3.05, 3.63) is 12.7 Å². The average molecular weight is 178 g/mol. The largest absolute Gasteiger partial charge is 0.307 e. The van der Waals surface area contributed by atoms with Crippen molar-refractivity contribution < 1.29 is 0 Å². The van der Waals surface area contributed by atoms with E-state index in [1.165, 1.54) is 12.8 Å². The lowest BCUT2D eigenvalue weighted by atomic mass is 9.85. The zero-order valence-electron chi connectivity index (χ0n) is 8.29. The summed E-state index contributed by atoms with van der Waals surface area (Å²) in [6, 6.07) is 3.09. The summed E-state index contributed by atoms with van der Waals surface area (Å²) in [5.74, 6) is 0.205. The predicted molar refractivity (Wildman–Crippen MR) is 54.2 cm³/mol. The normalized spacial score (nSPS) is 30.5. The van der Waals surface area contributed by atoms with Gasteiger partial charge in [0.1, 0.15) is 0 Å². The Balaban J connectivity index is 2.45. The Morgan fingerprint density at radius 3 is 2.85 bits per heavy atom. The monoisotopic (exact) mass is 178 g/mol. The molecule has 0 heterocycles. The summed E-state index contributed by atoms with van der Waals surface area (Å²) in [6.45, 7) is 5.81. The van der Waals surface area contributed by atoms with Gasteiger partial charge in [-0.3, -0.25) is 0 Å². The second-order valence-electron chi connectivity index (χ2n) is 3.82. The molecule has 0 bridgehead atoms. The quantitative estimate of drug-likeness (QED) is 0.673. The second-order valence-corrected chi connectivity index (χ2v) is 3.82. The number of nitrogens with one attached hydrogen (secondary N) is 1. The van der Waals surface area contributed by atoms with Gasteiger partial charge in [-0.05, 0) is 19.8 Å². The molecule has 0 spiro atoms. The van der Waals surface area contributed by atoms with Crippen LogP contribution in [0.2, 0.25) is 0 Å². The topological polar surface area (TPSA) is 35.8 Å². The highest BCUT2D eigenvalue weighted by Crippen LogP contribution is 2.23. The van der Waals surface area contributed by atoms with Crippen LogP contribution in [0.5, 0.6) is 0 Å². The molecule has 0 amide bonds. The molecule has 3 unspecified atom stereocenters. The minimum Gasteiger partial charge on any atom is -0.307 e. The van der Waals surface area contributed by atoms with Crippen LogP contribution in [-0.2, 0) is 0 Å². The van der Waals surface area contributed by atoms with E-state index in [9.17, 15) is 0 Å². The van der Waals surface area contributed by atoms with E-state index >= 15 is 0 Å². The molecule has 0 aromatic rings. The Morgan fingerprint density at radius 2 is 2.23 bits per heavy atom. The van der Waals surface area contributed by atoms with E-state index in [4.69, 9.17) is 5.26 Å². The van der Waals surface area contributed by atoms with Gasteiger partial charge < -0.3 is 5.32 Å². The Hall–Kier alpha value is -0.810. The van der Waals surface area contributed by atoms with Crippen LogP contribution < -0.4 is 5.32 Å². The van der Waals surface area contributed by atoms with Gasteiger partial charge in [-0.25, -0.2) is 0 Å². The highest BCUT2D eigenvalue weighted by atomic mass is 14.9. The Kier molecular flexibility index (Phi) is 3.98. The molecule has 1 saturated carbocycles. The highest BCUT2D eigenvalue weighted by molar-refractivity contribution is 4.97. The molecule has 72 valence electrons. The molecular formula is C11H18N2. The Bertz CT molecular complexity index is 205. The van der Waals surface area contributed by atoms with E-state index in [1.54, 1.807) is 0 Å². The number of nitrogens with zero attached hydrogens (tertiary/aromatic N) is 1. The fraction of sp³-hybridized carbons (Fsp3) is 0.727. The van der Waals surface area contributed by atoms with E-state index in [1.807, 2.05) is 6.08 Å². The first-order valence-electron chi connectivity index (χ1n) is 5.06. The molecule has 0 radical (unpaired) electrons. The fourth-order valence-corrected chi connectivity index (χ4v) is 1.89. The van der Waals surface area contributed by atoms with Crippen molar-refractivity contribution >= 4 is 0 Å².